The van der Waals surface area contributed by atoms with Gasteiger partial charge in [-0.3, -0.25) is 9.80 Å². The summed E-state index contributed by atoms with van der Waals surface area (Å²) in [6.45, 7) is 9.11. The fraction of sp³-hybridized carbons (Fsp3) is 0.321. The van der Waals surface area contributed by atoms with Crippen LogP contribution in [0, 0.1) is 13.8 Å². The summed E-state index contributed by atoms with van der Waals surface area (Å²) in [5, 5.41) is 13.1. The quantitative estimate of drug-likeness (QED) is 0.411. The first-order valence-corrected chi connectivity index (χ1v) is 12.3. The molecule has 1 aliphatic heterocycles. The number of para-hydroxylation sites is 1. The standard InChI is InChI=1S/C28H33N7/c1-22-10-7-11-23(2)26(22)35-28(29-30-31-35)27(25-15-9-16-32(25)3)34-20-18-33(19-21-34)17-8-14-24-12-5-4-6-13-24/h4-16,27H,17-21H2,1-3H3/b14-8+. The molecule has 7 heteroatoms. The number of rotatable bonds is 7. The predicted molar refractivity (Wildman–Crippen MR) is 139 cm³/mol. The molecule has 1 aliphatic rings. The summed E-state index contributed by atoms with van der Waals surface area (Å²) in [7, 11) is 2.10. The molecule has 0 amide bonds. The molecule has 1 saturated heterocycles. The Hall–Kier alpha value is -3.55. The Kier molecular flexibility index (Phi) is 6.88. The Morgan fingerprint density at radius 3 is 2.31 bits per heavy atom. The first-order chi connectivity index (χ1) is 17.1. The summed E-state index contributed by atoms with van der Waals surface area (Å²) in [6.07, 6.45) is 6.57. The number of aromatic nitrogens is 5. The Morgan fingerprint density at radius 1 is 0.886 bits per heavy atom. The zero-order chi connectivity index (χ0) is 24.2. The van der Waals surface area contributed by atoms with Gasteiger partial charge in [0, 0.05) is 51.7 Å². The fourth-order valence-corrected chi connectivity index (χ4v) is 5.01. The van der Waals surface area contributed by atoms with Gasteiger partial charge in [-0.25, -0.2) is 0 Å². The summed E-state index contributed by atoms with van der Waals surface area (Å²) in [4.78, 5) is 5.02. The van der Waals surface area contributed by atoms with E-state index >= 15 is 0 Å². The number of piperazine rings is 1. The molecule has 7 nitrogen and oxygen atoms in total. The number of tetrazole rings is 1. The van der Waals surface area contributed by atoms with Crippen LogP contribution in [0.25, 0.3) is 11.8 Å². The third-order valence-corrected chi connectivity index (χ3v) is 6.90. The lowest BCUT2D eigenvalue weighted by atomic mass is 10.1. The molecule has 1 unspecified atom stereocenters. The van der Waals surface area contributed by atoms with E-state index in [0.29, 0.717) is 0 Å². The molecule has 0 bridgehead atoms. The van der Waals surface area contributed by atoms with E-state index in [2.05, 4.69) is 130 Å². The monoisotopic (exact) mass is 467 g/mol. The average Bonchev–Trinajstić information content (AvgIpc) is 3.51. The van der Waals surface area contributed by atoms with Gasteiger partial charge in [0.05, 0.1) is 5.69 Å². The van der Waals surface area contributed by atoms with Crippen molar-refractivity contribution in [3.8, 4) is 5.69 Å². The van der Waals surface area contributed by atoms with E-state index in [0.717, 1.165) is 44.2 Å². The molecule has 0 radical (unpaired) electrons. The number of benzene rings is 2. The molecule has 0 spiro atoms. The number of aryl methyl sites for hydroxylation is 3. The van der Waals surface area contributed by atoms with Crippen LogP contribution in [-0.4, -0.2) is 67.3 Å². The molecule has 1 atom stereocenters. The van der Waals surface area contributed by atoms with Gasteiger partial charge in [0.2, 0.25) is 0 Å². The van der Waals surface area contributed by atoms with Gasteiger partial charge < -0.3 is 4.57 Å². The van der Waals surface area contributed by atoms with Gasteiger partial charge >= 0.3 is 0 Å². The molecular weight excluding hydrogens is 434 g/mol. The van der Waals surface area contributed by atoms with Crippen molar-refractivity contribution in [2.24, 2.45) is 7.05 Å². The lowest BCUT2D eigenvalue weighted by Crippen LogP contribution is -2.48. The molecule has 0 N–H and O–H groups in total. The van der Waals surface area contributed by atoms with Crippen LogP contribution >= 0.6 is 0 Å². The maximum atomic E-state index is 4.57. The highest BCUT2D eigenvalue weighted by Gasteiger charge is 2.32. The van der Waals surface area contributed by atoms with Crippen LogP contribution in [0.4, 0.5) is 0 Å². The topological polar surface area (TPSA) is 55.0 Å². The second-order valence-corrected chi connectivity index (χ2v) is 9.29. The van der Waals surface area contributed by atoms with E-state index in [1.807, 2.05) is 4.68 Å². The zero-order valence-electron chi connectivity index (χ0n) is 20.7. The number of hydrogen-bond donors (Lipinski definition) is 0. The van der Waals surface area contributed by atoms with Crippen molar-refractivity contribution in [3.63, 3.8) is 0 Å². The average molecular weight is 468 g/mol. The third kappa shape index (κ3) is 4.97. The van der Waals surface area contributed by atoms with Gasteiger partial charge in [-0.1, -0.05) is 60.7 Å². The molecule has 3 heterocycles. The first-order valence-electron chi connectivity index (χ1n) is 12.3. The van der Waals surface area contributed by atoms with Gasteiger partial charge in [0.1, 0.15) is 6.04 Å². The molecule has 2 aromatic carbocycles. The van der Waals surface area contributed by atoms with E-state index in [9.17, 15) is 0 Å². The van der Waals surface area contributed by atoms with E-state index in [1.54, 1.807) is 0 Å². The van der Waals surface area contributed by atoms with Crippen molar-refractivity contribution in [2.75, 3.05) is 32.7 Å². The van der Waals surface area contributed by atoms with E-state index < -0.39 is 0 Å². The summed E-state index contributed by atoms with van der Waals surface area (Å²) < 4.78 is 4.13. The van der Waals surface area contributed by atoms with Gasteiger partial charge in [-0.2, -0.15) is 4.68 Å². The molecule has 4 aromatic rings. The number of nitrogens with zero attached hydrogens (tertiary/aromatic N) is 7. The molecule has 2 aromatic heterocycles. The van der Waals surface area contributed by atoms with Gasteiger partial charge in [-0.15, -0.1) is 5.10 Å². The highest BCUT2D eigenvalue weighted by molar-refractivity contribution is 5.49. The minimum absolute atomic E-state index is 0.0222. The molecule has 1 fully saturated rings. The first kappa shape index (κ1) is 23.2. The van der Waals surface area contributed by atoms with Crippen LogP contribution in [0.3, 0.4) is 0 Å². The molecule has 0 saturated carbocycles. The Labute approximate surface area is 207 Å². The Balaban J connectivity index is 1.38. The highest BCUT2D eigenvalue weighted by Crippen LogP contribution is 2.30. The van der Waals surface area contributed by atoms with Crippen molar-refractivity contribution in [3.05, 3.63) is 101 Å². The lowest BCUT2D eigenvalue weighted by molar-refractivity contribution is 0.111. The van der Waals surface area contributed by atoms with E-state index in [4.69, 9.17) is 0 Å². The smallest absolute Gasteiger partial charge is 0.179 e. The molecule has 180 valence electrons. The van der Waals surface area contributed by atoms with Crippen molar-refractivity contribution in [2.45, 2.75) is 19.9 Å². The largest absolute Gasteiger partial charge is 0.353 e. The third-order valence-electron chi connectivity index (χ3n) is 6.90. The molecule has 35 heavy (non-hydrogen) atoms. The van der Waals surface area contributed by atoms with Crippen LogP contribution in [0.1, 0.15) is 34.3 Å². The minimum atomic E-state index is -0.0222. The lowest BCUT2D eigenvalue weighted by Gasteiger charge is -2.38. The summed E-state index contributed by atoms with van der Waals surface area (Å²) in [6, 6.07) is 21.1. The van der Waals surface area contributed by atoms with Gasteiger partial charge in [0.25, 0.3) is 0 Å². The maximum Gasteiger partial charge on any atom is 0.179 e. The van der Waals surface area contributed by atoms with Crippen molar-refractivity contribution < 1.29 is 0 Å². The zero-order valence-corrected chi connectivity index (χ0v) is 20.7. The van der Waals surface area contributed by atoms with Crippen LogP contribution in [0.5, 0.6) is 0 Å². The van der Waals surface area contributed by atoms with E-state index in [1.165, 1.54) is 22.4 Å². The summed E-state index contributed by atoms with van der Waals surface area (Å²) >= 11 is 0. The van der Waals surface area contributed by atoms with Gasteiger partial charge in [-0.05, 0) is 53.1 Å². The van der Waals surface area contributed by atoms with Crippen molar-refractivity contribution in [1.29, 1.82) is 0 Å². The van der Waals surface area contributed by atoms with Crippen LogP contribution in [0.15, 0.2) is 72.9 Å². The summed E-state index contributed by atoms with van der Waals surface area (Å²) in [5.41, 5.74) is 5.84. The highest BCUT2D eigenvalue weighted by atomic mass is 15.6. The Morgan fingerprint density at radius 2 is 1.63 bits per heavy atom. The second-order valence-electron chi connectivity index (χ2n) is 9.29. The van der Waals surface area contributed by atoms with Crippen LogP contribution < -0.4 is 0 Å². The normalized spacial score (nSPS) is 16.2. The van der Waals surface area contributed by atoms with Crippen LogP contribution in [0.2, 0.25) is 0 Å². The SMILES string of the molecule is Cc1cccc(C)c1-n1nnnc1C(c1cccn1C)N1CCN(C/C=C/c2ccccc2)CC1. The molecule has 0 aliphatic carbocycles. The summed E-state index contributed by atoms with van der Waals surface area (Å²) in [5.74, 6) is 0.863. The molecule has 5 rings (SSSR count). The van der Waals surface area contributed by atoms with Crippen LogP contribution in [-0.2, 0) is 7.05 Å². The number of hydrogen-bond acceptors (Lipinski definition) is 5. The minimum Gasteiger partial charge on any atom is -0.353 e. The van der Waals surface area contributed by atoms with Gasteiger partial charge in [0.15, 0.2) is 5.82 Å². The van der Waals surface area contributed by atoms with Crippen molar-refractivity contribution in [1.82, 2.24) is 34.6 Å². The second kappa shape index (κ2) is 10.4. The maximum absolute atomic E-state index is 4.57. The Bertz CT molecular complexity index is 1260. The van der Waals surface area contributed by atoms with E-state index in [-0.39, 0.29) is 6.04 Å². The fourth-order valence-electron chi connectivity index (χ4n) is 5.01. The van der Waals surface area contributed by atoms with Crippen molar-refractivity contribution >= 4 is 6.08 Å². The molecular formula is C28H33N7. The predicted octanol–water partition coefficient (Wildman–Crippen LogP) is 4.04.